The van der Waals surface area contributed by atoms with Gasteiger partial charge in [0.25, 0.3) is 0 Å². The topological polar surface area (TPSA) is 55.4 Å². The molecule has 0 saturated heterocycles. The zero-order chi connectivity index (χ0) is 13.4. The molecule has 0 radical (unpaired) electrons. The molecule has 0 aliphatic carbocycles. The fourth-order valence-corrected chi connectivity index (χ4v) is 2.29. The Kier molecular flexibility index (Phi) is 6.53. The van der Waals surface area contributed by atoms with Crippen molar-refractivity contribution in [3.8, 4) is 0 Å². The van der Waals surface area contributed by atoms with Crippen LogP contribution in [0.2, 0.25) is 0 Å². The Labute approximate surface area is 108 Å². The molecule has 0 aromatic heterocycles. The number of amides is 1. The molecule has 1 unspecified atom stereocenters. The number of carbonyl (C=O) groups is 1. The van der Waals surface area contributed by atoms with Gasteiger partial charge in [-0.1, -0.05) is 6.07 Å². The van der Waals surface area contributed by atoms with Crippen molar-refractivity contribution in [3.63, 3.8) is 0 Å². The van der Waals surface area contributed by atoms with Gasteiger partial charge in [-0.2, -0.15) is 0 Å². The fourth-order valence-electron chi connectivity index (χ4n) is 1.31. The van der Waals surface area contributed by atoms with E-state index < -0.39 is 16.6 Å². The summed E-state index contributed by atoms with van der Waals surface area (Å²) in [4.78, 5) is 11.8. The highest BCUT2D eigenvalue weighted by Gasteiger charge is 2.10. The lowest BCUT2D eigenvalue weighted by Gasteiger charge is -2.05. The van der Waals surface area contributed by atoms with Crippen molar-refractivity contribution in [2.45, 2.75) is 11.3 Å². The molecule has 0 heterocycles. The molecule has 0 spiro atoms. The second-order valence-corrected chi connectivity index (χ2v) is 5.09. The highest BCUT2D eigenvalue weighted by atomic mass is 32.2. The van der Waals surface area contributed by atoms with Gasteiger partial charge in [0.2, 0.25) is 5.91 Å². The number of methoxy groups -OCH3 is 1. The summed E-state index contributed by atoms with van der Waals surface area (Å²) in [5, 5.41) is 2.63. The van der Waals surface area contributed by atoms with E-state index in [0.717, 1.165) is 0 Å². The first kappa shape index (κ1) is 14.8. The molecule has 1 amide bonds. The van der Waals surface area contributed by atoms with Crippen LogP contribution in [-0.4, -0.2) is 36.1 Å². The van der Waals surface area contributed by atoms with Crippen LogP contribution in [0.1, 0.15) is 6.42 Å². The SMILES string of the molecule is COCCCNC(=O)CS(=O)c1cccc(F)c1. The number of halogens is 1. The monoisotopic (exact) mass is 273 g/mol. The van der Waals surface area contributed by atoms with Crippen LogP contribution < -0.4 is 5.32 Å². The molecule has 4 nitrogen and oxygen atoms in total. The number of hydrogen-bond acceptors (Lipinski definition) is 3. The molecule has 1 aromatic rings. The van der Waals surface area contributed by atoms with Crippen LogP contribution in [0.3, 0.4) is 0 Å². The summed E-state index contributed by atoms with van der Waals surface area (Å²) in [5.41, 5.74) is 0. The standard InChI is InChI=1S/C12H16FNO3S/c1-17-7-3-6-14-12(15)9-18(16)11-5-2-4-10(13)8-11/h2,4-5,8H,3,6-7,9H2,1H3,(H,14,15). The molecular formula is C12H16FNO3S. The Bertz CT molecular complexity index is 426. The van der Waals surface area contributed by atoms with Crippen molar-refractivity contribution in [1.82, 2.24) is 5.32 Å². The van der Waals surface area contributed by atoms with E-state index in [1.54, 1.807) is 7.11 Å². The number of rotatable bonds is 7. The predicted molar refractivity (Wildman–Crippen MR) is 67.2 cm³/mol. The van der Waals surface area contributed by atoms with Gasteiger partial charge in [-0.05, 0) is 24.6 Å². The van der Waals surface area contributed by atoms with Gasteiger partial charge < -0.3 is 10.1 Å². The maximum atomic E-state index is 12.9. The van der Waals surface area contributed by atoms with E-state index in [2.05, 4.69) is 5.32 Å². The van der Waals surface area contributed by atoms with Crippen molar-refractivity contribution in [3.05, 3.63) is 30.1 Å². The first-order chi connectivity index (χ1) is 8.63. The number of nitrogens with one attached hydrogen (secondary N) is 1. The van der Waals surface area contributed by atoms with Gasteiger partial charge in [-0.15, -0.1) is 0 Å². The summed E-state index contributed by atoms with van der Waals surface area (Å²) in [6.45, 7) is 1.04. The van der Waals surface area contributed by atoms with Crippen molar-refractivity contribution >= 4 is 16.7 Å². The van der Waals surface area contributed by atoms with E-state index in [1.807, 2.05) is 0 Å². The lowest BCUT2D eigenvalue weighted by Crippen LogP contribution is -2.29. The number of carbonyl (C=O) groups excluding carboxylic acids is 1. The maximum absolute atomic E-state index is 12.9. The van der Waals surface area contributed by atoms with E-state index in [9.17, 15) is 13.4 Å². The quantitative estimate of drug-likeness (QED) is 0.757. The zero-order valence-electron chi connectivity index (χ0n) is 10.1. The maximum Gasteiger partial charge on any atom is 0.233 e. The molecule has 6 heteroatoms. The third-order valence-corrected chi connectivity index (χ3v) is 3.47. The van der Waals surface area contributed by atoms with Crippen LogP contribution in [0.15, 0.2) is 29.2 Å². The Morgan fingerprint density at radius 1 is 1.50 bits per heavy atom. The predicted octanol–water partition coefficient (Wildman–Crippen LogP) is 1.09. The largest absolute Gasteiger partial charge is 0.385 e. The Hall–Kier alpha value is -1.27. The van der Waals surface area contributed by atoms with Crippen molar-refractivity contribution in [1.29, 1.82) is 0 Å². The molecule has 1 atom stereocenters. The van der Waals surface area contributed by atoms with Gasteiger partial charge >= 0.3 is 0 Å². The number of hydrogen-bond donors (Lipinski definition) is 1. The van der Waals surface area contributed by atoms with Crippen LogP contribution in [0.25, 0.3) is 0 Å². The van der Waals surface area contributed by atoms with E-state index in [1.165, 1.54) is 24.3 Å². The van der Waals surface area contributed by atoms with Crippen LogP contribution in [-0.2, 0) is 20.3 Å². The lowest BCUT2D eigenvalue weighted by atomic mass is 10.4. The molecule has 0 saturated carbocycles. The summed E-state index contributed by atoms with van der Waals surface area (Å²) in [6.07, 6.45) is 0.703. The summed E-state index contributed by atoms with van der Waals surface area (Å²) in [5.74, 6) is -0.925. The summed E-state index contributed by atoms with van der Waals surface area (Å²) >= 11 is 0. The molecule has 1 N–H and O–H groups in total. The van der Waals surface area contributed by atoms with Crippen molar-refractivity contribution < 1.29 is 18.1 Å². The molecule has 0 fully saturated rings. The van der Waals surface area contributed by atoms with Gasteiger partial charge in [-0.25, -0.2) is 4.39 Å². The average Bonchev–Trinajstić information content (AvgIpc) is 2.34. The van der Waals surface area contributed by atoms with Gasteiger partial charge in [0.1, 0.15) is 11.6 Å². The third kappa shape index (κ3) is 5.37. The van der Waals surface area contributed by atoms with Crippen LogP contribution in [0.4, 0.5) is 4.39 Å². The summed E-state index contributed by atoms with van der Waals surface area (Å²) in [6, 6.07) is 5.45. The van der Waals surface area contributed by atoms with Crippen molar-refractivity contribution in [2.75, 3.05) is 26.0 Å². The molecule has 1 rings (SSSR count). The smallest absolute Gasteiger partial charge is 0.233 e. The second kappa shape index (κ2) is 7.94. The van der Waals surface area contributed by atoms with Gasteiger partial charge in [-0.3, -0.25) is 9.00 Å². The van der Waals surface area contributed by atoms with E-state index in [0.29, 0.717) is 24.5 Å². The first-order valence-electron chi connectivity index (χ1n) is 5.53. The number of benzene rings is 1. The molecule has 18 heavy (non-hydrogen) atoms. The molecule has 0 bridgehead atoms. The minimum atomic E-state index is -1.51. The minimum absolute atomic E-state index is 0.156. The first-order valence-corrected chi connectivity index (χ1v) is 6.85. The second-order valence-electron chi connectivity index (χ2n) is 3.64. The normalized spacial score (nSPS) is 12.1. The van der Waals surface area contributed by atoms with Gasteiger partial charge in [0, 0.05) is 25.2 Å². The van der Waals surface area contributed by atoms with Crippen LogP contribution in [0, 0.1) is 5.82 Å². The molecular weight excluding hydrogens is 257 g/mol. The van der Waals surface area contributed by atoms with E-state index in [4.69, 9.17) is 4.74 Å². The number of ether oxygens (including phenoxy) is 1. The molecule has 0 aliphatic rings. The van der Waals surface area contributed by atoms with Crippen LogP contribution >= 0.6 is 0 Å². The Morgan fingerprint density at radius 3 is 2.94 bits per heavy atom. The Balaban J connectivity index is 2.38. The third-order valence-electron chi connectivity index (χ3n) is 2.17. The average molecular weight is 273 g/mol. The highest BCUT2D eigenvalue weighted by Crippen LogP contribution is 2.08. The summed E-state index contributed by atoms with van der Waals surface area (Å²) in [7, 11) is 0.0699. The zero-order valence-corrected chi connectivity index (χ0v) is 11.0. The highest BCUT2D eigenvalue weighted by molar-refractivity contribution is 7.85. The lowest BCUT2D eigenvalue weighted by molar-refractivity contribution is -0.118. The minimum Gasteiger partial charge on any atom is -0.385 e. The van der Waals surface area contributed by atoms with Gasteiger partial charge in [0.15, 0.2) is 0 Å². The van der Waals surface area contributed by atoms with E-state index in [-0.39, 0.29) is 11.7 Å². The van der Waals surface area contributed by atoms with E-state index >= 15 is 0 Å². The van der Waals surface area contributed by atoms with Crippen LogP contribution in [0.5, 0.6) is 0 Å². The molecule has 1 aromatic carbocycles. The Morgan fingerprint density at radius 2 is 2.28 bits per heavy atom. The van der Waals surface area contributed by atoms with Gasteiger partial charge in [0.05, 0.1) is 10.8 Å². The molecule has 100 valence electrons. The van der Waals surface area contributed by atoms with Crippen molar-refractivity contribution in [2.24, 2.45) is 0 Å². The summed E-state index contributed by atoms with van der Waals surface area (Å²) < 4.78 is 29.5. The fraction of sp³-hybridized carbons (Fsp3) is 0.417. The molecule has 0 aliphatic heterocycles.